The maximum Gasteiger partial charge on any atom is 0.319 e. The van der Waals surface area contributed by atoms with E-state index in [1.165, 1.54) is 6.07 Å². The first-order chi connectivity index (χ1) is 8.54. The quantitative estimate of drug-likeness (QED) is 0.482. The zero-order valence-electron chi connectivity index (χ0n) is 9.90. The van der Waals surface area contributed by atoms with Crippen molar-refractivity contribution in [3.8, 4) is 0 Å². The molecule has 18 heavy (non-hydrogen) atoms. The molecule has 1 rings (SSSR count). The molecule has 0 atom stereocenters. The minimum atomic E-state index is -0.980. The first-order valence-electron chi connectivity index (χ1n) is 5.53. The van der Waals surface area contributed by atoms with Gasteiger partial charge in [-0.3, -0.25) is 10.1 Å². The number of nitrogens with one attached hydrogen (secondary N) is 2. The lowest BCUT2D eigenvalue weighted by Crippen LogP contribution is -2.29. The molecule has 0 spiro atoms. The summed E-state index contributed by atoms with van der Waals surface area (Å²) in [4.78, 5) is 20.9. The van der Waals surface area contributed by atoms with Crippen molar-refractivity contribution in [1.82, 2.24) is 5.32 Å². The van der Waals surface area contributed by atoms with Gasteiger partial charge in [0.25, 0.3) is 0 Å². The van der Waals surface area contributed by atoms with Gasteiger partial charge in [0, 0.05) is 24.4 Å². The lowest BCUT2D eigenvalue weighted by atomic mass is 10.2. The number of halogens is 1. The summed E-state index contributed by atoms with van der Waals surface area (Å²) in [6.07, 6.45) is 1.80. The van der Waals surface area contributed by atoms with Gasteiger partial charge in [-0.15, -0.1) is 0 Å². The Balaban J connectivity index is 2.60. The summed E-state index contributed by atoms with van der Waals surface area (Å²) in [5.41, 5.74) is -0.445. The van der Waals surface area contributed by atoms with Crippen LogP contribution in [0.5, 0.6) is 0 Å². The van der Waals surface area contributed by atoms with Gasteiger partial charge in [0.1, 0.15) is 0 Å². The molecule has 0 saturated carbocycles. The van der Waals surface area contributed by atoms with Crippen LogP contribution in [0.15, 0.2) is 18.2 Å². The molecule has 0 radical (unpaired) electrons. The largest absolute Gasteiger partial charge is 0.338 e. The number of unbranched alkanes of at least 4 members (excludes halogenated alkanes) is 1. The van der Waals surface area contributed by atoms with Crippen molar-refractivity contribution in [2.24, 2.45) is 0 Å². The third-order valence-corrected chi connectivity index (χ3v) is 2.22. The van der Waals surface area contributed by atoms with Crippen molar-refractivity contribution in [2.75, 3.05) is 11.9 Å². The standard InChI is InChI=1S/C11H14FN3O3/c1-2-3-6-13-11(16)14-8-4-5-10(15(17)18)9(12)7-8/h4-5,7H,2-3,6H2,1H3,(H2,13,14,16). The van der Waals surface area contributed by atoms with Crippen LogP contribution in [0.4, 0.5) is 20.6 Å². The fourth-order valence-corrected chi connectivity index (χ4v) is 1.29. The number of rotatable bonds is 5. The number of amides is 2. The van der Waals surface area contributed by atoms with E-state index in [9.17, 15) is 19.3 Å². The molecular formula is C11H14FN3O3. The molecular weight excluding hydrogens is 241 g/mol. The van der Waals surface area contributed by atoms with Crippen molar-refractivity contribution in [2.45, 2.75) is 19.8 Å². The van der Waals surface area contributed by atoms with Crippen molar-refractivity contribution in [1.29, 1.82) is 0 Å². The van der Waals surface area contributed by atoms with E-state index in [2.05, 4.69) is 10.6 Å². The summed E-state index contributed by atoms with van der Waals surface area (Å²) in [7, 11) is 0. The van der Waals surface area contributed by atoms with Gasteiger partial charge < -0.3 is 10.6 Å². The normalized spacial score (nSPS) is 9.89. The third-order valence-electron chi connectivity index (χ3n) is 2.22. The minimum Gasteiger partial charge on any atom is -0.338 e. The smallest absolute Gasteiger partial charge is 0.319 e. The Bertz CT molecular complexity index is 451. The summed E-state index contributed by atoms with van der Waals surface area (Å²) in [5, 5.41) is 15.4. The first kappa shape index (κ1) is 13.9. The van der Waals surface area contributed by atoms with Crippen molar-refractivity contribution >= 4 is 17.4 Å². The SMILES string of the molecule is CCCCNC(=O)Nc1ccc([N+](=O)[O-])c(F)c1. The Morgan fingerprint density at radius 2 is 2.22 bits per heavy atom. The molecule has 0 fully saturated rings. The zero-order chi connectivity index (χ0) is 13.5. The summed E-state index contributed by atoms with van der Waals surface area (Å²) < 4.78 is 13.2. The molecule has 0 bridgehead atoms. The molecule has 0 unspecified atom stereocenters. The van der Waals surface area contributed by atoms with E-state index in [0.717, 1.165) is 25.0 Å². The molecule has 2 amide bonds. The van der Waals surface area contributed by atoms with Crippen molar-refractivity contribution in [3.63, 3.8) is 0 Å². The molecule has 1 aromatic carbocycles. The van der Waals surface area contributed by atoms with E-state index in [1.54, 1.807) is 0 Å². The number of benzene rings is 1. The average Bonchev–Trinajstić information content (AvgIpc) is 2.28. The average molecular weight is 255 g/mol. The van der Waals surface area contributed by atoms with E-state index < -0.39 is 22.5 Å². The predicted octanol–water partition coefficient (Wildman–Crippen LogP) is 2.66. The van der Waals surface area contributed by atoms with Gasteiger partial charge in [-0.05, 0) is 12.5 Å². The number of hydrogen-bond donors (Lipinski definition) is 2. The number of anilines is 1. The maximum atomic E-state index is 13.2. The van der Waals surface area contributed by atoms with Crippen LogP contribution in [-0.4, -0.2) is 17.5 Å². The van der Waals surface area contributed by atoms with Crippen LogP contribution < -0.4 is 10.6 Å². The third kappa shape index (κ3) is 4.00. The number of nitro groups is 1. The zero-order valence-corrected chi connectivity index (χ0v) is 9.90. The van der Waals surface area contributed by atoms with Gasteiger partial charge in [0.2, 0.25) is 5.82 Å². The van der Waals surface area contributed by atoms with Gasteiger partial charge in [-0.1, -0.05) is 13.3 Å². The molecule has 7 heteroatoms. The number of nitrogens with zero attached hydrogens (tertiary/aromatic N) is 1. The molecule has 0 saturated heterocycles. The fourth-order valence-electron chi connectivity index (χ4n) is 1.29. The minimum absolute atomic E-state index is 0.173. The second-order valence-corrected chi connectivity index (χ2v) is 3.66. The molecule has 6 nitrogen and oxygen atoms in total. The molecule has 0 aliphatic carbocycles. The molecule has 0 aromatic heterocycles. The van der Waals surface area contributed by atoms with Gasteiger partial charge in [0.05, 0.1) is 4.92 Å². The fraction of sp³-hybridized carbons (Fsp3) is 0.364. The highest BCUT2D eigenvalue weighted by Crippen LogP contribution is 2.20. The maximum absolute atomic E-state index is 13.2. The first-order valence-corrected chi connectivity index (χ1v) is 5.53. The van der Waals surface area contributed by atoms with Crippen LogP contribution in [-0.2, 0) is 0 Å². The van der Waals surface area contributed by atoms with E-state index >= 15 is 0 Å². The number of nitro benzene ring substituents is 1. The summed E-state index contributed by atoms with van der Waals surface area (Å²) in [6.45, 7) is 2.52. The van der Waals surface area contributed by atoms with Gasteiger partial charge in [0.15, 0.2) is 0 Å². The van der Waals surface area contributed by atoms with Crippen LogP contribution in [0.2, 0.25) is 0 Å². The van der Waals surface area contributed by atoms with Crippen LogP contribution in [0, 0.1) is 15.9 Å². The Labute approximate surface area is 103 Å². The van der Waals surface area contributed by atoms with Crippen LogP contribution >= 0.6 is 0 Å². The van der Waals surface area contributed by atoms with E-state index in [0.29, 0.717) is 6.54 Å². The molecule has 1 aromatic rings. The topological polar surface area (TPSA) is 84.3 Å². The Hall–Kier alpha value is -2.18. The monoisotopic (exact) mass is 255 g/mol. The molecule has 0 aliphatic heterocycles. The highest BCUT2D eigenvalue weighted by Gasteiger charge is 2.14. The Kier molecular flexibility index (Phi) is 5.04. The van der Waals surface area contributed by atoms with Gasteiger partial charge in [-0.2, -0.15) is 4.39 Å². The summed E-state index contributed by atoms with van der Waals surface area (Å²) in [5.74, 6) is -0.980. The highest BCUT2D eigenvalue weighted by atomic mass is 19.1. The predicted molar refractivity (Wildman–Crippen MR) is 65.0 cm³/mol. The Morgan fingerprint density at radius 1 is 1.50 bits per heavy atom. The van der Waals surface area contributed by atoms with Gasteiger partial charge in [-0.25, -0.2) is 4.79 Å². The number of hydrogen-bond acceptors (Lipinski definition) is 3. The molecule has 0 heterocycles. The number of carbonyl (C=O) groups is 1. The number of urea groups is 1. The van der Waals surface area contributed by atoms with Crippen molar-refractivity contribution < 1.29 is 14.1 Å². The van der Waals surface area contributed by atoms with E-state index in [-0.39, 0.29) is 5.69 Å². The van der Waals surface area contributed by atoms with E-state index in [1.807, 2.05) is 6.92 Å². The lowest BCUT2D eigenvalue weighted by molar-refractivity contribution is -0.387. The van der Waals surface area contributed by atoms with Crippen LogP contribution in [0.3, 0.4) is 0 Å². The molecule has 0 aliphatic rings. The second kappa shape index (κ2) is 6.53. The summed E-state index contributed by atoms with van der Waals surface area (Å²) in [6, 6.07) is 2.74. The highest BCUT2D eigenvalue weighted by molar-refractivity contribution is 5.89. The summed E-state index contributed by atoms with van der Waals surface area (Å²) >= 11 is 0. The number of carbonyl (C=O) groups excluding carboxylic acids is 1. The Morgan fingerprint density at radius 3 is 2.78 bits per heavy atom. The van der Waals surface area contributed by atoms with Gasteiger partial charge >= 0.3 is 11.7 Å². The molecule has 98 valence electrons. The van der Waals surface area contributed by atoms with Crippen LogP contribution in [0.25, 0.3) is 0 Å². The molecule has 2 N–H and O–H groups in total. The lowest BCUT2D eigenvalue weighted by Gasteiger charge is -2.07. The van der Waals surface area contributed by atoms with Crippen molar-refractivity contribution in [3.05, 3.63) is 34.1 Å². The second-order valence-electron chi connectivity index (χ2n) is 3.66. The van der Waals surface area contributed by atoms with E-state index in [4.69, 9.17) is 0 Å². The van der Waals surface area contributed by atoms with Crippen LogP contribution in [0.1, 0.15) is 19.8 Å².